The molecule has 1 unspecified atom stereocenters. The van der Waals surface area contributed by atoms with E-state index in [1.807, 2.05) is 43.3 Å². The fraction of sp³-hybridized carbons (Fsp3) is 0.368. The van der Waals surface area contributed by atoms with Crippen LogP contribution in [0.15, 0.2) is 42.5 Å². The molecule has 1 aliphatic heterocycles. The van der Waals surface area contributed by atoms with E-state index in [2.05, 4.69) is 12.2 Å². The predicted octanol–water partition coefficient (Wildman–Crippen LogP) is 4.31. The SMILES string of the molecule is Cc1cc(C2(C)CCCN2)cc(F)c1OCc1ccccc1. The van der Waals surface area contributed by atoms with E-state index >= 15 is 0 Å². The van der Waals surface area contributed by atoms with E-state index < -0.39 is 0 Å². The number of benzene rings is 2. The third kappa shape index (κ3) is 3.00. The standard InChI is InChI=1S/C19H22FNO/c1-14-11-16(19(2)9-6-10-21-19)12-17(20)18(14)22-13-15-7-4-3-5-8-15/h3-5,7-8,11-12,21H,6,9-10,13H2,1-2H3. The van der Waals surface area contributed by atoms with Gasteiger partial charge in [-0.25, -0.2) is 4.39 Å². The highest BCUT2D eigenvalue weighted by molar-refractivity contribution is 5.41. The zero-order chi connectivity index (χ0) is 15.6. The van der Waals surface area contributed by atoms with E-state index in [0.29, 0.717) is 12.4 Å². The van der Waals surface area contributed by atoms with Gasteiger partial charge in [0.15, 0.2) is 11.6 Å². The van der Waals surface area contributed by atoms with Crippen molar-refractivity contribution in [3.8, 4) is 5.75 Å². The Bertz CT molecular complexity index is 625. The normalized spacial score (nSPS) is 21.0. The van der Waals surface area contributed by atoms with Gasteiger partial charge in [-0.05, 0) is 56.0 Å². The fourth-order valence-corrected chi connectivity index (χ4v) is 3.10. The molecule has 0 aromatic heterocycles. The monoisotopic (exact) mass is 299 g/mol. The topological polar surface area (TPSA) is 21.3 Å². The van der Waals surface area contributed by atoms with E-state index in [9.17, 15) is 4.39 Å². The maximum atomic E-state index is 14.5. The summed E-state index contributed by atoms with van der Waals surface area (Å²) in [5.74, 6) is 0.0788. The van der Waals surface area contributed by atoms with Gasteiger partial charge in [0.25, 0.3) is 0 Å². The van der Waals surface area contributed by atoms with Crippen molar-refractivity contribution in [1.82, 2.24) is 5.32 Å². The van der Waals surface area contributed by atoms with Gasteiger partial charge >= 0.3 is 0 Å². The minimum Gasteiger partial charge on any atom is -0.486 e. The molecule has 0 saturated carbocycles. The Morgan fingerprint density at radius 2 is 2.00 bits per heavy atom. The Balaban J connectivity index is 1.81. The smallest absolute Gasteiger partial charge is 0.165 e. The van der Waals surface area contributed by atoms with Crippen LogP contribution in [0.25, 0.3) is 0 Å². The van der Waals surface area contributed by atoms with Gasteiger partial charge < -0.3 is 10.1 Å². The lowest BCUT2D eigenvalue weighted by Crippen LogP contribution is -2.33. The van der Waals surface area contributed by atoms with Crippen LogP contribution in [0.1, 0.15) is 36.5 Å². The van der Waals surface area contributed by atoms with Crippen molar-refractivity contribution in [2.45, 2.75) is 38.8 Å². The highest BCUT2D eigenvalue weighted by atomic mass is 19.1. The lowest BCUT2D eigenvalue weighted by Gasteiger charge is -2.26. The quantitative estimate of drug-likeness (QED) is 0.908. The Kier molecular flexibility index (Phi) is 4.16. The molecule has 1 saturated heterocycles. The summed E-state index contributed by atoms with van der Waals surface area (Å²) in [5, 5.41) is 3.47. The number of aryl methyl sites for hydroxylation is 1. The van der Waals surface area contributed by atoms with Gasteiger partial charge in [-0.2, -0.15) is 0 Å². The van der Waals surface area contributed by atoms with E-state index in [1.165, 1.54) is 0 Å². The van der Waals surface area contributed by atoms with Gasteiger partial charge in [0.2, 0.25) is 0 Å². The summed E-state index contributed by atoms with van der Waals surface area (Å²) in [6, 6.07) is 13.5. The van der Waals surface area contributed by atoms with E-state index in [0.717, 1.165) is 36.1 Å². The van der Waals surface area contributed by atoms with Gasteiger partial charge in [0.05, 0.1) is 0 Å². The van der Waals surface area contributed by atoms with Crippen molar-refractivity contribution < 1.29 is 9.13 Å². The largest absolute Gasteiger partial charge is 0.486 e. The zero-order valence-electron chi connectivity index (χ0n) is 13.2. The van der Waals surface area contributed by atoms with Crippen molar-refractivity contribution in [2.24, 2.45) is 0 Å². The average molecular weight is 299 g/mol. The van der Waals surface area contributed by atoms with Crippen LogP contribution in [0.3, 0.4) is 0 Å². The van der Waals surface area contributed by atoms with E-state index in [4.69, 9.17) is 4.74 Å². The molecular weight excluding hydrogens is 277 g/mol. The molecule has 0 radical (unpaired) electrons. The molecule has 2 nitrogen and oxygen atoms in total. The van der Waals surface area contributed by atoms with Gasteiger partial charge in [-0.1, -0.05) is 36.4 Å². The average Bonchev–Trinajstić information content (AvgIpc) is 2.95. The fourth-order valence-electron chi connectivity index (χ4n) is 3.10. The summed E-state index contributed by atoms with van der Waals surface area (Å²) in [4.78, 5) is 0. The highest BCUT2D eigenvalue weighted by Gasteiger charge is 2.31. The van der Waals surface area contributed by atoms with Crippen LogP contribution in [0, 0.1) is 12.7 Å². The first kappa shape index (κ1) is 15.0. The maximum absolute atomic E-state index is 14.5. The number of nitrogens with one attached hydrogen (secondary N) is 1. The van der Waals surface area contributed by atoms with Gasteiger partial charge in [0, 0.05) is 5.54 Å². The third-order valence-electron chi connectivity index (χ3n) is 4.46. The first-order chi connectivity index (χ1) is 10.6. The summed E-state index contributed by atoms with van der Waals surface area (Å²) in [6.07, 6.45) is 2.17. The van der Waals surface area contributed by atoms with Crippen LogP contribution >= 0.6 is 0 Å². The molecule has 0 bridgehead atoms. The molecule has 3 heteroatoms. The molecule has 2 aromatic rings. The molecule has 1 atom stereocenters. The van der Waals surface area contributed by atoms with Crippen LogP contribution in [0.4, 0.5) is 4.39 Å². The first-order valence-electron chi connectivity index (χ1n) is 7.81. The zero-order valence-corrected chi connectivity index (χ0v) is 13.2. The summed E-state index contributed by atoms with van der Waals surface area (Å²) in [5.41, 5.74) is 2.77. The second-order valence-corrected chi connectivity index (χ2v) is 6.24. The van der Waals surface area contributed by atoms with Crippen molar-refractivity contribution >= 4 is 0 Å². The number of hydrogen-bond acceptors (Lipinski definition) is 2. The van der Waals surface area contributed by atoms with Crippen molar-refractivity contribution in [3.63, 3.8) is 0 Å². The Labute approximate surface area is 131 Å². The van der Waals surface area contributed by atoms with Gasteiger partial charge in [0.1, 0.15) is 6.61 Å². The maximum Gasteiger partial charge on any atom is 0.165 e. The number of rotatable bonds is 4. The predicted molar refractivity (Wildman–Crippen MR) is 86.5 cm³/mol. The molecule has 116 valence electrons. The molecule has 0 spiro atoms. The molecule has 2 aromatic carbocycles. The Morgan fingerprint density at radius 3 is 2.64 bits per heavy atom. The van der Waals surface area contributed by atoms with Crippen molar-refractivity contribution in [2.75, 3.05) is 6.54 Å². The molecule has 1 fully saturated rings. The minimum atomic E-state index is -0.277. The molecule has 22 heavy (non-hydrogen) atoms. The molecule has 3 rings (SSSR count). The Morgan fingerprint density at radius 1 is 1.23 bits per heavy atom. The molecule has 1 aliphatic rings. The van der Waals surface area contributed by atoms with E-state index in [-0.39, 0.29) is 11.4 Å². The summed E-state index contributed by atoms with van der Waals surface area (Å²) < 4.78 is 20.2. The van der Waals surface area contributed by atoms with Crippen molar-refractivity contribution in [1.29, 1.82) is 0 Å². The van der Waals surface area contributed by atoms with E-state index in [1.54, 1.807) is 6.07 Å². The lowest BCUT2D eigenvalue weighted by atomic mass is 9.89. The first-order valence-corrected chi connectivity index (χ1v) is 7.81. The summed E-state index contributed by atoms with van der Waals surface area (Å²) in [7, 11) is 0. The number of hydrogen-bond donors (Lipinski definition) is 1. The second kappa shape index (κ2) is 6.09. The van der Waals surface area contributed by atoms with Crippen LogP contribution in [0.5, 0.6) is 5.75 Å². The van der Waals surface area contributed by atoms with Crippen molar-refractivity contribution in [3.05, 3.63) is 65.0 Å². The number of halogens is 1. The Hall–Kier alpha value is -1.87. The van der Waals surface area contributed by atoms with Crippen LogP contribution in [-0.2, 0) is 12.1 Å². The molecule has 0 aliphatic carbocycles. The third-order valence-corrected chi connectivity index (χ3v) is 4.46. The number of ether oxygens (including phenoxy) is 1. The minimum absolute atomic E-state index is 0.121. The molecule has 1 heterocycles. The highest BCUT2D eigenvalue weighted by Crippen LogP contribution is 2.34. The molecule has 0 amide bonds. The molecule has 1 N–H and O–H groups in total. The summed E-state index contributed by atoms with van der Waals surface area (Å²) >= 11 is 0. The second-order valence-electron chi connectivity index (χ2n) is 6.24. The lowest BCUT2D eigenvalue weighted by molar-refractivity contribution is 0.287. The van der Waals surface area contributed by atoms with Crippen LogP contribution in [-0.4, -0.2) is 6.54 Å². The van der Waals surface area contributed by atoms with Crippen LogP contribution in [0.2, 0.25) is 0 Å². The van der Waals surface area contributed by atoms with Crippen LogP contribution < -0.4 is 10.1 Å². The van der Waals surface area contributed by atoms with Gasteiger partial charge in [-0.3, -0.25) is 0 Å². The summed E-state index contributed by atoms with van der Waals surface area (Å²) in [6.45, 7) is 5.42. The molecular formula is C19H22FNO. The van der Waals surface area contributed by atoms with Gasteiger partial charge in [-0.15, -0.1) is 0 Å².